The maximum absolute atomic E-state index is 13.0. The van der Waals surface area contributed by atoms with E-state index < -0.39 is 6.10 Å². The van der Waals surface area contributed by atoms with Gasteiger partial charge in [0.05, 0.1) is 0 Å². The Morgan fingerprint density at radius 2 is 2.09 bits per heavy atom. The van der Waals surface area contributed by atoms with Crippen molar-refractivity contribution in [1.82, 2.24) is 19.9 Å². The summed E-state index contributed by atoms with van der Waals surface area (Å²) in [5, 5.41) is 13.9. The fourth-order valence-corrected chi connectivity index (χ4v) is 2.66. The van der Waals surface area contributed by atoms with Crippen molar-refractivity contribution in [2.45, 2.75) is 13.0 Å². The zero-order valence-electron chi connectivity index (χ0n) is 13.3. The predicted octanol–water partition coefficient (Wildman–Crippen LogP) is 1.18. The summed E-state index contributed by atoms with van der Waals surface area (Å²) < 4.78 is 5.26. The Bertz CT molecular complexity index is 676. The molecule has 0 aliphatic carbocycles. The van der Waals surface area contributed by atoms with Crippen LogP contribution in [0.2, 0.25) is 0 Å². The van der Waals surface area contributed by atoms with Gasteiger partial charge in [-0.15, -0.1) is 0 Å². The normalized spacial score (nSPS) is 17.3. The lowest BCUT2D eigenvalue weighted by Gasteiger charge is -2.32. The summed E-state index contributed by atoms with van der Waals surface area (Å²) in [6.45, 7) is 4.50. The molecular weight excluding hydrogens is 296 g/mol. The minimum atomic E-state index is -0.903. The number of amides is 1. The highest BCUT2D eigenvalue weighted by Gasteiger charge is 2.31. The maximum atomic E-state index is 13.0. The Hall–Kier alpha value is -2.25. The topological polar surface area (TPSA) is 82.7 Å². The second kappa shape index (κ2) is 6.47. The first kappa shape index (κ1) is 15.6. The van der Waals surface area contributed by atoms with Crippen LogP contribution in [0.3, 0.4) is 0 Å². The van der Waals surface area contributed by atoms with Crippen molar-refractivity contribution in [1.29, 1.82) is 0 Å². The van der Waals surface area contributed by atoms with Gasteiger partial charge in [-0.1, -0.05) is 5.16 Å². The number of aliphatic hydroxyl groups excluding tert-OH is 1. The van der Waals surface area contributed by atoms with Gasteiger partial charge in [0, 0.05) is 44.1 Å². The molecule has 122 valence electrons. The minimum absolute atomic E-state index is 0.158. The molecule has 2 aromatic rings. The van der Waals surface area contributed by atoms with E-state index in [4.69, 9.17) is 4.52 Å². The van der Waals surface area contributed by atoms with Crippen LogP contribution in [0.4, 0.5) is 0 Å². The van der Waals surface area contributed by atoms with E-state index in [9.17, 15) is 9.90 Å². The molecule has 23 heavy (non-hydrogen) atoms. The molecule has 1 fully saturated rings. The number of aromatic nitrogens is 2. The summed E-state index contributed by atoms with van der Waals surface area (Å²) in [5.74, 6) is 0.0434. The number of carbonyl (C=O) groups excluding carboxylic acids is 1. The van der Waals surface area contributed by atoms with Crippen molar-refractivity contribution in [2.75, 3.05) is 33.2 Å². The van der Waals surface area contributed by atoms with Gasteiger partial charge >= 0.3 is 0 Å². The van der Waals surface area contributed by atoms with Crippen molar-refractivity contribution in [3.63, 3.8) is 0 Å². The first-order valence-corrected chi connectivity index (χ1v) is 7.63. The zero-order valence-corrected chi connectivity index (χ0v) is 13.3. The first-order valence-electron chi connectivity index (χ1n) is 7.63. The summed E-state index contributed by atoms with van der Waals surface area (Å²) >= 11 is 0. The predicted molar refractivity (Wildman–Crippen MR) is 83.8 cm³/mol. The van der Waals surface area contributed by atoms with Gasteiger partial charge in [0.2, 0.25) is 0 Å². The Labute approximate surface area is 134 Å². The number of likely N-dealkylation sites (N-methyl/N-ethyl adjacent to an activating group) is 1. The molecule has 0 bridgehead atoms. The first-order chi connectivity index (χ1) is 11.1. The number of carbonyl (C=O) groups is 1. The molecule has 1 aliphatic heterocycles. The van der Waals surface area contributed by atoms with Gasteiger partial charge < -0.3 is 19.4 Å². The third-order valence-corrected chi connectivity index (χ3v) is 4.04. The number of hydrogen-bond acceptors (Lipinski definition) is 6. The largest absolute Gasteiger partial charge is 0.385 e. The number of rotatable bonds is 3. The molecule has 0 unspecified atom stereocenters. The van der Waals surface area contributed by atoms with Crippen LogP contribution in [0.25, 0.3) is 11.3 Å². The number of pyridine rings is 1. The number of nitrogens with zero attached hydrogens (tertiary/aromatic N) is 4. The summed E-state index contributed by atoms with van der Waals surface area (Å²) in [5.41, 5.74) is 1.45. The van der Waals surface area contributed by atoms with Gasteiger partial charge in [0.1, 0.15) is 17.4 Å². The average molecular weight is 316 g/mol. The Kier molecular flexibility index (Phi) is 4.40. The zero-order chi connectivity index (χ0) is 16.4. The minimum Gasteiger partial charge on any atom is -0.385 e. The van der Waals surface area contributed by atoms with Crippen LogP contribution in [0.15, 0.2) is 29.0 Å². The van der Waals surface area contributed by atoms with E-state index in [0.29, 0.717) is 29.9 Å². The van der Waals surface area contributed by atoms with E-state index in [2.05, 4.69) is 15.0 Å². The second-order valence-electron chi connectivity index (χ2n) is 5.78. The van der Waals surface area contributed by atoms with Gasteiger partial charge in [-0.2, -0.15) is 0 Å². The van der Waals surface area contributed by atoms with Gasteiger partial charge in [-0.05, 0) is 26.1 Å². The van der Waals surface area contributed by atoms with E-state index in [-0.39, 0.29) is 11.7 Å². The van der Waals surface area contributed by atoms with Crippen molar-refractivity contribution in [2.24, 2.45) is 0 Å². The fourth-order valence-electron chi connectivity index (χ4n) is 2.66. The summed E-state index contributed by atoms with van der Waals surface area (Å²) in [6.07, 6.45) is 2.38. The van der Waals surface area contributed by atoms with E-state index in [1.807, 2.05) is 13.1 Å². The highest BCUT2D eigenvalue weighted by Crippen LogP contribution is 2.30. The van der Waals surface area contributed by atoms with E-state index in [1.54, 1.807) is 30.3 Å². The smallest absolute Gasteiger partial charge is 0.259 e. The molecule has 1 atom stereocenters. The lowest BCUT2D eigenvalue weighted by atomic mass is 10.0. The molecule has 1 aliphatic rings. The van der Waals surface area contributed by atoms with Crippen LogP contribution in [-0.4, -0.2) is 64.2 Å². The average Bonchev–Trinajstić information content (AvgIpc) is 3.01. The molecule has 3 rings (SSSR count). The lowest BCUT2D eigenvalue weighted by Crippen LogP contribution is -2.47. The maximum Gasteiger partial charge on any atom is 0.259 e. The molecule has 0 spiro atoms. The quantitative estimate of drug-likeness (QED) is 0.915. The van der Waals surface area contributed by atoms with Crippen LogP contribution >= 0.6 is 0 Å². The second-order valence-corrected chi connectivity index (χ2v) is 5.78. The van der Waals surface area contributed by atoms with Crippen LogP contribution in [0.5, 0.6) is 0 Å². The molecule has 0 saturated carbocycles. The number of hydrogen-bond donors (Lipinski definition) is 1. The van der Waals surface area contributed by atoms with Crippen LogP contribution in [0.1, 0.15) is 29.1 Å². The number of piperazine rings is 1. The molecule has 1 saturated heterocycles. The van der Waals surface area contributed by atoms with Gasteiger partial charge in [-0.25, -0.2) is 0 Å². The molecule has 7 nitrogen and oxygen atoms in total. The highest BCUT2D eigenvalue weighted by molar-refractivity contribution is 6.01. The summed E-state index contributed by atoms with van der Waals surface area (Å²) in [4.78, 5) is 21.0. The van der Waals surface area contributed by atoms with Crippen LogP contribution in [-0.2, 0) is 0 Å². The summed E-state index contributed by atoms with van der Waals surface area (Å²) in [6, 6.07) is 3.59. The molecule has 1 N–H and O–H groups in total. The molecule has 1 amide bonds. The number of aliphatic hydroxyl groups is 1. The Balaban J connectivity index is 1.99. The van der Waals surface area contributed by atoms with Gasteiger partial charge in [0.15, 0.2) is 5.76 Å². The van der Waals surface area contributed by atoms with Crippen LogP contribution < -0.4 is 0 Å². The van der Waals surface area contributed by atoms with Crippen molar-refractivity contribution >= 4 is 5.91 Å². The fraction of sp³-hybridized carbons (Fsp3) is 0.438. The van der Waals surface area contributed by atoms with Crippen molar-refractivity contribution in [3.05, 3.63) is 35.9 Å². The van der Waals surface area contributed by atoms with E-state index in [0.717, 1.165) is 13.1 Å². The molecule has 0 aromatic carbocycles. The van der Waals surface area contributed by atoms with Crippen molar-refractivity contribution < 1.29 is 14.4 Å². The monoisotopic (exact) mass is 316 g/mol. The standard InChI is InChI=1S/C16H20N4O3/c1-11(21)15-13(16(22)20-8-6-19(2)7-9-20)14(18-23-15)12-4-3-5-17-10-12/h3-5,10-11,21H,6-9H2,1-2H3/t11-/m0/s1. The lowest BCUT2D eigenvalue weighted by molar-refractivity contribution is 0.0654. The SMILES string of the molecule is C[C@H](O)c1onc(-c2cccnc2)c1C(=O)N1CCN(C)CC1. The van der Waals surface area contributed by atoms with E-state index >= 15 is 0 Å². The van der Waals surface area contributed by atoms with Gasteiger partial charge in [0.25, 0.3) is 5.91 Å². The van der Waals surface area contributed by atoms with Crippen LogP contribution in [0, 0.1) is 0 Å². The molecule has 7 heteroatoms. The Morgan fingerprint density at radius 3 is 2.70 bits per heavy atom. The molecular formula is C16H20N4O3. The van der Waals surface area contributed by atoms with E-state index in [1.165, 1.54) is 0 Å². The van der Waals surface area contributed by atoms with Crippen molar-refractivity contribution in [3.8, 4) is 11.3 Å². The van der Waals surface area contributed by atoms with Gasteiger partial charge in [-0.3, -0.25) is 9.78 Å². The third kappa shape index (κ3) is 3.11. The Morgan fingerprint density at radius 1 is 1.35 bits per heavy atom. The summed E-state index contributed by atoms with van der Waals surface area (Å²) in [7, 11) is 2.03. The molecule has 0 radical (unpaired) electrons. The molecule has 3 heterocycles. The highest BCUT2D eigenvalue weighted by atomic mass is 16.5. The third-order valence-electron chi connectivity index (χ3n) is 4.04. The molecule has 2 aromatic heterocycles.